The Balaban J connectivity index is 2.06. The van der Waals surface area contributed by atoms with Gasteiger partial charge in [-0.3, -0.25) is 9.98 Å². The van der Waals surface area contributed by atoms with Gasteiger partial charge in [0.15, 0.2) is 17.4 Å². The van der Waals surface area contributed by atoms with Crippen LogP contribution in [0.2, 0.25) is 0 Å². The van der Waals surface area contributed by atoms with E-state index in [2.05, 4.69) is 9.97 Å². The second-order valence-corrected chi connectivity index (χ2v) is 4.93. The highest BCUT2D eigenvalue weighted by Gasteiger charge is 2.43. The molecule has 2 aromatic heterocycles. The van der Waals surface area contributed by atoms with Gasteiger partial charge in [0.05, 0.1) is 19.3 Å². The van der Waals surface area contributed by atoms with Crippen molar-refractivity contribution in [3.05, 3.63) is 18.1 Å². The first-order chi connectivity index (χ1) is 10.1. The van der Waals surface area contributed by atoms with Crippen molar-refractivity contribution in [2.24, 2.45) is 0 Å². The van der Waals surface area contributed by atoms with Gasteiger partial charge in [0, 0.05) is 6.54 Å². The highest BCUT2D eigenvalue weighted by Crippen LogP contribution is 2.30. The van der Waals surface area contributed by atoms with Crippen LogP contribution in [0.15, 0.2) is 12.7 Å². The predicted octanol–water partition coefficient (Wildman–Crippen LogP) is -1.66. The maximum atomic E-state index is 10.0. The number of ether oxygens (including phenoxy) is 1. The van der Waals surface area contributed by atoms with E-state index in [1.54, 1.807) is 4.57 Å². The highest BCUT2D eigenvalue weighted by atomic mass is 16.6. The third-order valence-corrected chi connectivity index (χ3v) is 3.73. The largest absolute Gasteiger partial charge is 0.394 e. The Morgan fingerprint density at radius 3 is 2.67 bits per heavy atom. The Morgan fingerprint density at radius 2 is 2.05 bits per heavy atom. The van der Waals surface area contributed by atoms with Crippen molar-refractivity contribution in [2.75, 3.05) is 6.61 Å². The van der Waals surface area contributed by atoms with E-state index in [4.69, 9.17) is 15.3 Å². The average Bonchev–Trinajstić information content (AvgIpc) is 3.03. The van der Waals surface area contributed by atoms with Crippen LogP contribution in [0.3, 0.4) is 0 Å². The number of nitrogens with zero attached hydrogens (tertiary/aromatic N) is 4. The summed E-state index contributed by atoms with van der Waals surface area (Å²) >= 11 is 0. The lowest BCUT2D eigenvalue weighted by molar-refractivity contribution is -0.0511. The van der Waals surface area contributed by atoms with Crippen LogP contribution in [0.5, 0.6) is 0 Å². The van der Waals surface area contributed by atoms with Gasteiger partial charge in [-0.15, -0.1) is 0 Å². The van der Waals surface area contributed by atoms with Crippen LogP contribution in [-0.2, 0) is 11.3 Å². The zero-order valence-electron chi connectivity index (χ0n) is 11.4. The van der Waals surface area contributed by atoms with Gasteiger partial charge in [-0.25, -0.2) is 9.97 Å². The van der Waals surface area contributed by atoms with Crippen molar-refractivity contribution in [1.29, 1.82) is 5.41 Å². The van der Waals surface area contributed by atoms with Crippen LogP contribution in [-0.4, -0.2) is 59.3 Å². The quantitative estimate of drug-likeness (QED) is 0.536. The monoisotopic (exact) mass is 295 g/mol. The minimum absolute atomic E-state index is 0.216. The molecule has 0 bridgehead atoms. The number of aliphatic hydroxyl groups excluding tert-OH is 3. The van der Waals surface area contributed by atoms with Crippen LogP contribution >= 0.6 is 0 Å². The summed E-state index contributed by atoms with van der Waals surface area (Å²) < 4.78 is 8.55. The van der Waals surface area contributed by atoms with Crippen molar-refractivity contribution in [3.63, 3.8) is 0 Å². The van der Waals surface area contributed by atoms with Crippen LogP contribution in [0, 0.1) is 5.41 Å². The van der Waals surface area contributed by atoms with Crippen LogP contribution in [0.25, 0.3) is 11.2 Å². The zero-order chi connectivity index (χ0) is 15.1. The molecule has 4 unspecified atom stereocenters. The fourth-order valence-electron chi connectivity index (χ4n) is 2.50. The normalized spacial score (nSPS) is 29.3. The molecule has 0 saturated carbocycles. The second-order valence-electron chi connectivity index (χ2n) is 4.93. The van der Waals surface area contributed by atoms with Crippen molar-refractivity contribution in [3.8, 4) is 0 Å². The first-order valence-electron chi connectivity index (χ1n) is 6.67. The Labute approximate surface area is 119 Å². The molecule has 0 spiro atoms. The number of aryl methyl sites for hydroxylation is 1. The van der Waals surface area contributed by atoms with E-state index in [0.717, 1.165) is 0 Å². The molecular weight excluding hydrogens is 278 g/mol. The van der Waals surface area contributed by atoms with Crippen molar-refractivity contribution < 1.29 is 20.1 Å². The summed E-state index contributed by atoms with van der Waals surface area (Å²) in [5, 5.41) is 37.0. The number of rotatable bonds is 3. The molecule has 1 aliphatic rings. The molecule has 4 N–H and O–H groups in total. The minimum atomic E-state index is -1.20. The lowest BCUT2D eigenvalue weighted by Crippen LogP contribution is -2.33. The summed E-state index contributed by atoms with van der Waals surface area (Å²) in [5.74, 6) is 0. The molecule has 3 rings (SSSR count). The van der Waals surface area contributed by atoms with E-state index in [-0.39, 0.29) is 5.49 Å². The molecular formula is C12H17N5O4. The molecule has 3 heterocycles. The van der Waals surface area contributed by atoms with Crippen LogP contribution < -0.4 is 5.49 Å². The first kappa shape index (κ1) is 14.1. The maximum Gasteiger partial charge on any atom is 0.167 e. The number of aliphatic hydroxyl groups is 3. The van der Waals surface area contributed by atoms with E-state index in [1.165, 1.54) is 17.2 Å². The Bertz CT molecular complexity index is 711. The topological polar surface area (TPSA) is 129 Å². The molecule has 0 aliphatic carbocycles. The number of fused-ring (bicyclic) bond motifs is 1. The van der Waals surface area contributed by atoms with Gasteiger partial charge in [-0.1, -0.05) is 0 Å². The summed E-state index contributed by atoms with van der Waals surface area (Å²) in [7, 11) is 0. The number of imidazole rings is 1. The number of hydrogen-bond donors (Lipinski definition) is 4. The summed E-state index contributed by atoms with van der Waals surface area (Å²) in [5.41, 5.74) is 0.990. The fraction of sp³-hybridized carbons (Fsp3) is 0.583. The minimum Gasteiger partial charge on any atom is -0.394 e. The standard InChI is InChI=1S/C12H17N5O4/c1-2-16-4-15-11-7(10(16)13)14-5-17(11)12-9(20)8(19)6(3-18)21-12/h4-6,8-9,12-13,18-20H,2-3H2,1H3. The molecule has 0 radical (unpaired) electrons. The smallest absolute Gasteiger partial charge is 0.167 e. The summed E-state index contributed by atoms with van der Waals surface area (Å²) in [6.45, 7) is 2.10. The Kier molecular flexibility index (Phi) is 3.49. The molecule has 21 heavy (non-hydrogen) atoms. The maximum absolute atomic E-state index is 10.0. The van der Waals surface area contributed by atoms with Gasteiger partial charge in [0.2, 0.25) is 0 Å². The van der Waals surface area contributed by atoms with Crippen molar-refractivity contribution in [2.45, 2.75) is 38.0 Å². The average molecular weight is 295 g/mol. The molecule has 0 aromatic carbocycles. The second kappa shape index (κ2) is 5.19. The Hall–Kier alpha value is -1.81. The van der Waals surface area contributed by atoms with E-state index < -0.39 is 31.1 Å². The van der Waals surface area contributed by atoms with E-state index >= 15 is 0 Å². The summed E-state index contributed by atoms with van der Waals surface area (Å²) in [4.78, 5) is 8.37. The van der Waals surface area contributed by atoms with Gasteiger partial charge >= 0.3 is 0 Å². The van der Waals surface area contributed by atoms with Gasteiger partial charge < -0.3 is 24.6 Å². The van der Waals surface area contributed by atoms with Gasteiger partial charge in [0.1, 0.15) is 23.8 Å². The highest BCUT2D eigenvalue weighted by molar-refractivity contribution is 5.68. The summed E-state index contributed by atoms with van der Waals surface area (Å²) in [6, 6.07) is 0. The molecule has 4 atom stereocenters. The van der Waals surface area contributed by atoms with Gasteiger partial charge in [0.25, 0.3) is 0 Å². The number of nitrogens with one attached hydrogen (secondary N) is 1. The van der Waals surface area contributed by atoms with Gasteiger partial charge in [-0.2, -0.15) is 0 Å². The fourth-order valence-corrected chi connectivity index (χ4v) is 2.50. The number of aromatic nitrogens is 4. The molecule has 2 aromatic rings. The summed E-state index contributed by atoms with van der Waals surface area (Å²) in [6.07, 6.45) is -1.21. The Morgan fingerprint density at radius 1 is 1.29 bits per heavy atom. The third-order valence-electron chi connectivity index (χ3n) is 3.73. The molecule has 9 nitrogen and oxygen atoms in total. The molecule has 1 saturated heterocycles. The molecule has 1 aliphatic heterocycles. The van der Waals surface area contributed by atoms with E-state index in [1.807, 2.05) is 6.92 Å². The van der Waals surface area contributed by atoms with Crippen LogP contribution in [0.4, 0.5) is 0 Å². The molecule has 114 valence electrons. The lowest BCUT2D eigenvalue weighted by atomic mass is 10.1. The first-order valence-corrected chi connectivity index (χ1v) is 6.67. The van der Waals surface area contributed by atoms with Crippen molar-refractivity contribution >= 4 is 11.2 Å². The lowest BCUT2D eigenvalue weighted by Gasteiger charge is -2.16. The van der Waals surface area contributed by atoms with E-state index in [9.17, 15) is 10.2 Å². The number of hydrogen-bond acceptors (Lipinski definition) is 7. The molecule has 9 heteroatoms. The molecule has 0 amide bonds. The zero-order valence-corrected chi connectivity index (χ0v) is 11.4. The van der Waals surface area contributed by atoms with Crippen LogP contribution in [0.1, 0.15) is 13.2 Å². The predicted molar refractivity (Wildman–Crippen MR) is 70.1 cm³/mol. The van der Waals surface area contributed by atoms with Gasteiger partial charge in [-0.05, 0) is 6.92 Å². The van der Waals surface area contributed by atoms with E-state index in [0.29, 0.717) is 17.7 Å². The SMILES string of the molecule is CCn1cnc2c(ncn2C2OC(CO)C(O)C2O)c1=N. The molecule has 1 fully saturated rings. The third kappa shape index (κ3) is 2.05. The van der Waals surface area contributed by atoms with Crippen molar-refractivity contribution in [1.82, 2.24) is 19.1 Å².